The molecule has 3 nitrogen and oxygen atoms in total. The molecule has 0 radical (unpaired) electrons. The van der Waals surface area contributed by atoms with E-state index in [9.17, 15) is 4.79 Å². The molecule has 0 fully saturated rings. The van der Waals surface area contributed by atoms with Crippen molar-refractivity contribution in [3.05, 3.63) is 35.9 Å². The molecule has 0 saturated heterocycles. The van der Waals surface area contributed by atoms with E-state index in [0.717, 1.165) is 5.56 Å². The van der Waals surface area contributed by atoms with Crippen molar-refractivity contribution in [2.45, 2.75) is 25.3 Å². The Balaban J connectivity index is 2.76. The van der Waals surface area contributed by atoms with Gasteiger partial charge in [-0.1, -0.05) is 30.3 Å². The molecule has 0 heterocycles. The second kappa shape index (κ2) is 7.39. The van der Waals surface area contributed by atoms with Crippen molar-refractivity contribution in [3.63, 3.8) is 0 Å². The number of methoxy groups -OCH3 is 1. The summed E-state index contributed by atoms with van der Waals surface area (Å²) in [6, 6.07) is 9.51. The molecule has 18 heavy (non-hydrogen) atoms. The minimum absolute atomic E-state index is 0.0742. The number of hydrogen-bond donors (Lipinski definition) is 0. The highest BCUT2D eigenvalue weighted by Crippen LogP contribution is 2.23. The van der Waals surface area contributed by atoms with Gasteiger partial charge in [-0.25, -0.2) is 0 Å². The number of carbonyl (C=O) groups is 1. The molecular formula is C14H20ClNO2. The number of amides is 1. The second-order valence-corrected chi connectivity index (χ2v) is 4.83. The molecule has 0 aliphatic carbocycles. The SMILES string of the molecule is COCCN(C(=O)C(Cl)c1ccccc1)C(C)C. The van der Waals surface area contributed by atoms with Crippen molar-refractivity contribution in [3.8, 4) is 0 Å². The highest BCUT2D eigenvalue weighted by Gasteiger charge is 2.25. The lowest BCUT2D eigenvalue weighted by atomic mass is 10.1. The first-order valence-corrected chi connectivity index (χ1v) is 6.50. The first-order chi connectivity index (χ1) is 8.57. The van der Waals surface area contributed by atoms with Gasteiger partial charge in [-0.05, 0) is 19.4 Å². The standard InChI is InChI=1S/C14H20ClNO2/c1-11(2)16(9-10-18-3)14(17)13(15)12-7-5-4-6-8-12/h4-8,11,13H,9-10H2,1-3H3. The number of ether oxygens (including phenoxy) is 1. The van der Waals surface area contributed by atoms with Crippen LogP contribution >= 0.6 is 11.6 Å². The molecule has 1 atom stereocenters. The van der Waals surface area contributed by atoms with Crippen LogP contribution in [-0.4, -0.2) is 37.1 Å². The lowest BCUT2D eigenvalue weighted by molar-refractivity contribution is -0.133. The minimum Gasteiger partial charge on any atom is -0.383 e. The first-order valence-electron chi connectivity index (χ1n) is 6.06. The van der Waals surface area contributed by atoms with Crippen LogP contribution < -0.4 is 0 Å². The van der Waals surface area contributed by atoms with Gasteiger partial charge < -0.3 is 9.64 Å². The Kier molecular flexibility index (Phi) is 6.16. The third kappa shape index (κ3) is 4.00. The van der Waals surface area contributed by atoms with Gasteiger partial charge in [0.1, 0.15) is 5.38 Å². The fourth-order valence-corrected chi connectivity index (χ4v) is 1.99. The van der Waals surface area contributed by atoms with Gasteiger partial charge in [0.15, 0.2) is 0 Å². The molecule has 0 bridgehead atoms. The maximum atomic E-state index is 12.3. The molecule has 1 unspecified atom stereocenters. The average molecular weight is 270 g/mol. The van der Waals surface area contributed by atoms with Crippen LogP contribution in [0.4, 0.5) is 0 Å². The molecular weight excluding hydrogens is 250 g/mol. The Labute approximate surface area is 114 Å². The van der Waals surface area contributed by atoms with E-state index in [1.807, 2.05) is 44.2 Å². The van der Waals surface area contributed by atoms with Gasteiger partial charge in [0.25, 0.3) is 0 Å². The van der Waals surface area contributed by atoms with Crippen molar-refractivity contribution < 1.29 is 9.53 Å². The zero-order valence-electron chi connectivity index (χ0n) is 11.1. The Morgan fingerprint density at radius 3 is 2.44 bits per heavy atom. The number of nitrogens with zero attached hydrogens (tertiary/aromatic N) is 1. The number of halogens is 1. The topological polar surface area (TPSA) is 29.5 Å². The van der Waals surface area contributed by atoms with Gasteiger partial charge in [-0.3, -0.25) is 4.79 Å². The summed E-state index contributed by atoms with van der Waals surface area (Å²) in [5.41, 5.74) is 0.826. The molecule has 0 N–H and O–H groups in total. The fraction of sp³-hybridized carbons (Fsp3) is 0.500. The van der Waals surface area contributed by atoms with Gasteiger partial charge >= 0.3 is 0 Å². The van der Waals surface area contributed by atoms with Crippen LogP contribution in [0.3, 0.4) is 0 Å². The molecule has 1 aromatic rings. The molecule has 0 aliphatic heterocycles. The largest absolute Gasteiger partial charge is 0.383 e. The summed E-state index contributed by atoms with van der Waals surface area (Å²) in [5, 5.41) is -0.634. The third-order valence-corrected chi connectivity index (χ3v) is 3.19. The van der Waals surface area contributed by atoms with Crippen LogP contribution in [0.2, 0.25) is 0 Å². The lowest BCUT2D eigenvalue weighted by Gasteiger charge is -2.28. The molecule has 0 saturated carbocycles. The number of alkyl halides is 1. The van der Waals surface area contributed by atoms with Crippen LogP contribution in [0.1, 0.15) is 24.8 Å². The fourth-order valence-electron chi connectivity index (χ4n) is 1.72. The number of rotatable bonds is 6. The summed E-state index contributed by atoms with van der Waals surface area (Å²) in [6.45, 7) is 5.02. The molecule has 0 aromatic heterocycles. The summed E-state index contributed by atoms with van der Waals surface area (Å²) in [6.07, 6.45) is 0. The van der Waals surface area contributed by atoms with E-state index < -0.39 is 5.38 Å². The van der Waals surface area contributed by atoms with Crippen molar-refractivity contribution in [1.29, 1.82) is 0 Å². The minimum atomic E-state index is -0.634. The number of carbonyl (C=O) groups excluding carboxylic acids is 1. The quantitative estimate of drug-likeness (QED) is 0.743. The highest BCUT2D eigenvalue weighted by molar-refractivity contribution is 6.30. The predicted molar refractivity (Wildman–Crippen MR) is 73.8 cm³/mol. The normalized spacial score (nSPS) is 12.5. The lowest BCUT2D eigenvalue weighted by Crippen LogP contribution is -2.41. The van der Waals surface area contributed by atoms with E-state index in [0.29, 0.717) is 13.2 Å². The Bertz CT molecular complexity index is 367. The predicted octanol–water partition coefficient (Wildman–Crippen LogP) is 2.85. The maximum absolute atomic E-state index is 12.3. The van der Waals surface area contributed by atoms with Crippen molar-refractivity contribution in [1.82, 2.24) is 4.90 Å². The van der Waals surface area contributed by atoms with E-state index in [1.165, 1.54) is 0 Å². The van der Waals surface area contributed by atoms with Crippen LogP contribution in [-0.2, 0) is 9.53 Å². The zero-order chi connectivity index (χ0) is 13.5. The average Bonchev–Trinajstić information content (AvgIpc) is 2.38. The van der Waals surface area contributed by atoms with Gasteiger partial charge in [-0.15, -0.1) is 11.6 Å². The van der Waals surface area contributed by atoms with Gasteiger partial charge in [-0.2, -0.15) is 0 Å². The molecule has 0 aliphatic rings. The van der Waals surface area contributed by atoms with Gasteiger partial charge in [0, 0.05) is 19.7 Å². The van der Waals surface area contributed by atoms with E-state index in [-0.39, 0.29) is 11.9 Å². The Morgan fingerprint density at radius 1 is 1.33 bits per heavy atom. The number of benzene rings is 1. The van der Waals surface area contributed by atoms with Crippen LogP contribution in [0.15, 0.2) is 30.3 Å². The number of hydrogen-bond acceptors (Lipinski definition) is 2. The first kappa shape index (κ1) is 15.0. The molecule has 1 aromatic carbocycles. The van der Waals surface area contributed by atoms with E-state index >= 15 is 0 Å². The summed E-state index contributed by atoms with van der Waals surface area (Å²) < 4.78 is 5.02. The molecule has 4 heteroatoms. The summed E-state index contributed by atoms with van der Waals surface area (Å²) >= 11 is 6.24. The maximum Gasteiger partial charge on any atom is 0.245 e. The molecule has 0 spiro atoms. The Morgan fingerprint density at radius 2 is 1.94 bits per heavy atom. The van der Waals surface area contributed by atoms with Crippen molar-refractivity contribution >= 4 is 17.5 Å². The monoisotopic (exact) mass is 269 g/mol. The third-order valence-electron chi connectivity index (χ3n) is 2.75. The smallest absolute Gasteiger partial charge is 0.245 e. The van der Waals surface area contributed by atoms with Crippen LogP contribution in [0, 0.1) is 0 Å². The van der Waals surface area contributed by atoms with Crippen molar-refractivity contribution in [2.75, 3.05) is 20.3 Å². The second-order valence-electron chi connectivity index (χ2n) is 4.39. The summed E-state index contributed by atoms with van der Waals surface area (Å²) in [5.74, 6) is -0.0742. The van der Waals surface area contributed by atoms with E-state index in [4.69, 9.17) is 16.3 Å². The van der Waals surface area contributed by atoms with Gasteiger partial charge in [0.2, 0.25) is 5.91 Å². The van der Waals surface area contributed by atoms with Crippen LogP contribution in [0.25, 0.3) is 0 Å². The van der Waals surface area contributed by atoms with E-state index in [2.05, 4.69) is 0 Å². The molecule has 1 rings (SSSR count). The molecule has 100 valence electrons. The van der Waals surface area contributed by atoms with Crippen LogP contribution in [0.5, 0.6) is 0 Å². The van der Waals surface area contributed by atoms with Crippen molar-refractivity contribution in [2.24, 2.45) is 0 Å². The molecule has 1 amide bonds. The van der Waals surface area contributed by atoms with E-state index in [1.54, 1.807) is 12.0 Å². The Hall–Kier alpha value is -1.06. The summed E-state index contributed by atoms with van der Waals surface area (Å²) in [7, 11) is 1.62. The van der Waals surface area contributed by atoms with Gasteiger partial charge in [0.05, 0.1) is 6.61 Å². The highest BCUT2D eigenvalue weighted by atomic mass is 35.5. The summed E-state index contributed by atoms with van der Waals surface area (Å²) in [4.78, 5) is 14.1. The zero-order valence-corrected chi connectivity index (χ0v) is 11.9.